The number of amides is 2. The molecule has 1 aliphatic rings. The summed E-state index contributed by atoms with van der Waals surface area (Å²) >= 11 is 0. The maximum absolute atomic E-state index is 12.0. The molecule has 1 saturated heterocycles. The van der Waals surface area contributed by atoms with Crippen molar-refractivity contribution in [3.8, 4) is 0 Å². The number of cyclic esters (lactones) is 1. The Morgan fingerprint density at radius 3 is 2.73 bits per heavy atom. The van der Waals surface area contributed by atoms with E-state index in [1.165, 1.54) is 4.90 Å². The fourth-order valence-corrected chi connectivity index (χ4v) is 1.63. The molecule has 0 aliphatic carbocycles. The molecule has 0 saturated carbocycles. The van der Waals surface area contributed by atoms with E-state index >= 15 is 0 Å². The van der Waals surface area contributed by atoms with Gasteiger partial charge in [0.25, 0.3) is 0 Å². The first-order valence-electron chi connectivity index (χ1n) is 5.17. The summed E-state index contributed by atoms with van der Waals surface area (Å²) in [5, 5.41) is 0. The number of hydrogen-bond acceptors (Lipinski definition) is 3. The minimum Gasteiger partial charge on any atom is -0.447 e. The molecule has 0 bridgehead atoms. The molecule has 1 fully saturated rings. The Kier molecular flexibility index (Phi) is 3.88. The van der Waals surface area contributed by atoms with Crippen molar-refractivity contribution in [3.05, 3.63) is 12.7 Å². The summed E-state index contributed by atoms with van der Waals surface area (Å²) in [5.41, 5.74) is 0. The van der Waals surface area contributed by atoms with Gasteiger partial charge in [-0.25, -0.2) is 9.69 Å². The van der Waals surface area contributed by atoms with Gasteiger partial charge in [-0.05, 0) is 12.3 Å². The molecule has 1 atom stereocenters. The molecular weight excluding hydrogens is 194 g/mol. The van der Waals surface area contributed by atoms with Crippen molar-refractivity contribution in [2.45, 2.75) is 20.3 Å². The van der Waals surface area contributed by atoms with Crippen LogP contribution in [0.5, 0.6) is 0 Å². The Hall–Kier alpha value is -1.32. The van der Waals surface area contributed by atoms with Crippen molar-refractivity contribution in [2.24, 2.45) is 11.8 Å². The first-order valence-corrected chi connectivity index (χ1v) is 5.17. The summed E-state index contributed by atoms with van der Waals surface area (Å²) in [6, 6.07) is 0. The molecule has 0 aromatic carbocycles. The number of hydrogen-bond donors (Lipinski definition) is 0. The Bertz CT molecular complexity index is 273. The smallest absolute Gasteiger partial charge is 0.416 e. The van der Waals surface area contributed by atoms with Crippen molar-refractivity contribution in [1.29, 1.82) is 0 Å². The second-order valence-electron chi connectivity index (χ2n) is 3.98. The number of carbonyl (C=O) groups excluding carboxylic acids is 2. The van der Waals surface area contributed by atoms with Gasteiger partial charge in [-0.1, -0.05) is 19.9 Å². The number of carbonyl (C=O) groups is 2. The molecule has 0 spiro atoms. The summed E-state index contributed by atoms with van der Waals surface area (Å²) in [6.07, 6.45) is 1.79. The molecule has 2 amide bonds. The molecule has 1 rings (SSSR count). The van der Waals surface area contributed by atoms with E-state index in [-0.39, 0.29) is 17.7 Å². The van der Waals surface area contributed by atoms with E-state index in [2.05, 4.69) is 6.58 Å². The van der Waals surface area contributed by atoms with E-state index in [1.54, 1.807) is 6.08 Å². The van der Waals surface area contributed by atoms with Crippen molar-refractivity contribution < 1.29 is 14.3 Å². The van der Waals surface area contributed by atoms with Crippen LogP contribution >= 0.6 is 0 Å². The number of ether oxygens (including phenoxy) is 1. The molecule has 0 N–H and O–H groups in total. The molecule has 0 aromatic heterocycles. The lowest BCUT2D eigenvalue weighted by atomic mass is 9.91. The third kappa shape index (κ3) is 2.58. The minimum absolute atomic E-state index is 0.146. The Morgan fingerprint density at radius 1 is 1.67 bits per heavy atom. The second-order valence-corrected chi connectivity index (χ2v) is 3.98. The van der Waals surface area contributed by atoms with E-state index in [0.29, 0.717) is 19.6 Å². The van der Waals surface area contributed by atoms with Crippen LogP contribution in [0.2, 0.25) is 0 Å². The summed E-state index contributed by atoms with van der Waals surface area (Å²) in [4.78, 5) is 24.4. The zero-order chi connectivity index (χ0) is 11.4. The van der Waals surface area contributed by atoms with Crippen LogP contribution in [0.25, 0.3) is 0 Å². The zero-order valence-electron chi connectivity index (χ0n) is 9.23. The van der Waals surface area contributed by atoms with E-state index in [0.717, 1.165) is 0 Å². The lowest BCUT2D eigenvalue weighted by Gasteiger charge is -2.21. The fraction of sp³-hybridized carbons (Fsp3) is 0.636. The van der Waals surface area contributed by atoms with Crippen molar-refractivity contribution in [1.82, 2.24) is 4.90 Å². The van der Waals surface area contributed by atoms with E-state index in [9.17, 15) is 9.59 Å². The largest absolute Gasteiger partial charge is 0.447 e. The number of nitrogens with zero attached hydrogens (tertiary/aromatic N) is 1. The third-order valence-corrected chi connectivity index (χ3v) is 2.57. The summed E-state index contributed by atoms with van der Waals surface area (Å²) in [5.74, 6) is -0.121. The highest BCUT2D eigenvalue weighted by Crippen LogP contribution is 2.20. The van der Waals surface area contributed by atoms with Crippen LogP contribution in [-0.4, -0.2) is 30.1 Å². The summed E-state index contributed by atoms with van der Waals surface area (Å²) < 4.78 is 4.73. The second kappa shape index (κ2) is 4.96. The highest BCUT2D eigenvalue weighted by molar-refractivity contribution is 5.94. The van der Waals surface area contributed by atoms with E-state index < -0.39 is 6.09 Å². The Labute approximate surface area is 89.9 Å². The third-order valence-electron chi connectivity index (χ3n) is 2.57. The summed E-state index contributed by atoms with van der Waals surface area (Å²) in [7, 11) is 0. The van der Waals surface area contributed by atoms with Gasteiger partial charge in [0.15, 0.2) is 0 Å². The van der Waals surface area contributed by atoms with Gasteiger partial charge >= 0.3 is 6.09 Å². The molecule has 4 heteroatoms. The van der Waals surface area contributed by atoms with Gasteiger partial charge in [0, 0.05) is 5.92 Å². The monoisotopic (exact) mass is 211 g/mol. The van der Waals surface area contributed by atoms with Crippen LogP contribution in [0.1, 0.15) is 20.3 Å². The lowest BCUT2D eigenvalue weighted by molar-refractivity contribution is -0.133. The fourth-order valence-electron chi connectivity index (χ4n) is 1.63. The highest BCUT2D eigenvalue weighted by atomic mass is 16.6. The first-order chi connectivity index (χ1) is 7.07. The van der Waals surface area contributed by atoms with Gasteiger partial charge in [0.1, 0.15) is 6.61 Å². The Morgan fingerprint density at radius 2 is 2.33 bits per heavy atom. The molecule has 1 heterocycles. The van der Waals surface area contributed by atoms with Crippen LogP contribution < -0.4 is 0 Å². The lowest BCUT2D eigenvalue weighted by Crippen LogP contribution is -2.38. The Balaban J connectivity index is 2.70. The topological polar surface area (TPSA) is 46.6 Å². The average molecular weight is 211 g/mol. The molecule has 84 valence electrons. The SMILES string of the molecule is C=CC[C@H](C(=O)N1CCOC1=O)C(C)C. The van der Waals surface area contributed by atoms with E-state index in [4.69, 9.17) is 4.74 Å². The highest BCUT2D eigenvalue weighted by Gasteiger charge is 2.34. The number of rotatable bonds is 4. The van der Waals surface area contributed by atoms with Gasteiger partial charge in [-0.15, -0.1) is 6.58 Å². The minimum atomic E-state index is -0.519. The molecular formula is C11H17NO3. The van der Waals surface area contributed by atoms with E-state index in [1.807, 2.05) is 13.8 Å². The van der Waals surface area contributed by atoms with Crippen LogP contribution in [0.3, 0.4) is 0 Å². The predicted octanol–water partition coefficient (Wildman–Crippen LogP) is 1.81. The molecule has 1 aliphatic heterocycles. The van der Waals surface area contributed by atoms with Crippen molar-refractivity contribution in [2.75, 3.05) is 13.2 Å². The first kappa shape index (κ1) is 11.8. The van der Waals surface area contributed by atoms with Crippen LogP contribution in [0.15, 0.2) is 12.7 Å². The normalized spacial score (nSPS) is 17.8. The quantitative estimate of drug-likeness (QED) is 0.666. The van der Waals surface area contributed by atoms with Gasteiger partial charge in [-0.2, -0.15) is 0 Å². The molecule has 4 nitrogen and oxygen atoms in total. The predicted molar refractivity (Wildman–Crippen MR) is 56.2 cm³/mol. The van der Waals surface area contributed by atoms with Crippen molar-refractivity contribution >= 4 is 12.0 Å². The molecule has 0 unspecified atom stereocenters. The average Bonchev–Trinajstić information content (AvgIpc) is 2.59. The van der Waals surface area contributed by atoms with Crippen molar-refractivity contribution in [3.63, 3.8) is 0 Å². The van der Waals surface area contributed by atoms with Crippen LogP contribution in [-0.2, 0) is 9.53 Å². The molecule has 0 radical (unpaired) electrons. The maximum Gasteiger partial charge on any atom is 0.416 e. The van der Waals surface area contributed by atoms with Gasteiger partial charge in [-0.3, -0.25) is 4.79 Å². The van der Waals surface area contributed by atoms with Gasteiger partial charge in [0.2, 0.25) is 5.91 Å². The van der Waals surface area contributed by atoms with Crippen LogP contribution in [0.4, 0.5) is 4.79 Å². The zero-order valence-corrected chi connectivity index (χ0v) is 9.23. The maximum atomic E-state index is 12.0. The molecule has 0 aromatic rings. The van der Waals surface area contributed by atoms with Gasteiger partial charge in [0.05, 0.1) is 6.54 Å². The summed E-state index contributed by atoms with van der Waals surface area (Å²) in [6.45, 7) is 8.24. The number of imide groups is 1. The standard InChI is InChI=1S/C11H17NO3/c1-4-5-9(8(2)3)10(13)12-6-7-15-11(12)14/h4,8-9H,1,5-7H2,2-3H3/t9-/m0/s1. The molecule has 15 heavy (non-hydrogen) atoms. The van der Waals surface area contributed by atoms with Gasteiger partial charge < -0.3 is 4.74 Å². The number of allylic oxidation sites excluding steroid dienone is 1. The van der Waals surface area contributed by atoms with Crippen LogP contribution in [0, 0.1) is 11.8 Å².